The standard InChI is InChI=1S/C15H19F4NS/c1-21-14(6-2-3-7-14)10-20-9-11-4-5-13(16)12(8-11)15(17,18)19/h4-5,8,20H,2-3,6-7,9-10H2,1H3. The molecule has 0 saturated heterocycles. The van der Waals surface area contributed by atoms with Crippen LogP contribution in [0.5, 0.6) is 0 Å². The molecule has 118 valence electrons. The molecule has 0 amide bonds. The molecular formula is C15H19F4NS. The highest BCUT2D eigenvalue weighted by molar-refractivity contribution is 8.00. The Morgan fingerprint density at radius 3 is 2.48 bits per heavy atom. The molecule has 0 aromatic heterocycles. The highest BCUT2D eigenvalue weighted by Crippen LogP contribution is 2.39. The third-order valence-electron chi connectivity index (χ3n) is 4.06. The zero-order valence-corrected chi connectivity index (χ0v) is 12.7. The molecule has 2 rings (SSSR count). The minimum absolute atomic E-state index is 0.201. The largest absolute Gasteiger partial charge is 0.419 e. The molecule has 6 heteroatoms. The van der Waals surface area contributed by atoms with Gasteiger partial charge in [0.25, 0.3) is 0 Å². The van der Waals surface area contributed by atoms with Crippen molar-refractivity contribution in [3.8, 4) is 0 Å². The van der Waals surface area contributed by atoms with Crippen LogP contribution in [0.4, 0.5) is 17.6 Å². The van der Waals surface area contributed by atoms with Crippen LogP contribution in [0.15, 0.2) is 18.2 Å². The summed E-state index contributed by atoms with van der Waals surface area (Å²) in [4.78, 5) is 0. The van der Waals surface area contributed by atoms with E-state index < -0.39 is 17.6 Å². The van der Waals surface area contributed by atoms with E-state index in [0.717, 1.165) is 31.5 Å². The Kier molecular flexibility index (Phi) is 5.20. The Morgan fingerprint density at radius 2 is 1.90 bits per heavy atom. The highest BCUT2D eigenvalue weighted by Gasteiger charge is 2.34. The fourth-order valence-corrected chi connectivity index (χ4v) is 3.75. The summed E-state index contributed by atoms with van der Waals surface area (Å²) in [5, 5.41) is 3.22. The molecule has 1 aromatic rings. The van der Waals surface area contributed by atoms with Crippen molar-refractivity contribution in [1.82, 2.24) is 5.32 Å². The van der Waals surface area contributed by atoms with Crippen LogP contribution in [0.2, 0.25) is 0 Å². The van der Waals surface area contributed by atoms with Crippen molar-refractivity contribution in [2.75, 3.05) is 12.8 Å². The van der Waals surface area contributed by atoms with Crippen molar-refractivity contribution in [3.05, 3.63) is 35.1 Å². The van der Waals surface area contributed by atoms with Gasteiger partial charge in [-0.1, -0.05) is 18.9 Å². The van der Waals surface area contributed by atoms with Gasteiger partial charge in [-0.25, -0.2) is 4.39 Å². The van der Waals surface area contributed by atoms with E-state index in [4.69, 9.17) is 0 Å². The summed E-state index contributed by atoms with van der Waals surface area (Å²) in [5.41, 5.74) is -0.736. The summed E-state index contributed by atoms with van der Waals surface area (Å²) in [6.07, 6.45) is 2.12. The summed E-state index contributed by atoms with van der Waals surface area (Å²) >= 11 is 1.82. The number of hydrogen-bond donors (Lipinski definition) is 1. The third-order valence-corrected chi connectivity index (χ3v) is 5.48. The van der Waals surface area contributed by atoms with Gasteiger partial charge in [0.2, 0.25) is 0 Å². The lowest BCUT2D eigenvalue weighted by Crippen LogP contribution is -2.34. The highest BCUT2D eigenvalue weighted by atomic mass is 32.2. The van der Waals surface area contributed by atoms with Crippen LogP contribution >= 0.6 is 11.8 Å². The van der Waals surface area contributed by atoms with Crippen LogP contribution in [0, 0.1) is 5.82 Å². The Morgan fingerprint density at radius 1 is 1.24 bits per heavy atom. The number of nitrogens with one attached hydrogen (secondary N) is 1. The summed E-state index contributed by atoms with van der Waals surface area (Å²) < 4.78 is 51.4. The SMILES string of the molecule is CSC1(CNCc2ccc(F)c(C(F)(F)F)c2)CCCC1. The minimum atomic E-state index is -4.65. The van der Waals surface area contributed by atoms with Crippen LogP contribution < -0.4 is 5.32 Å². The number of hydrogen-bond acceptors (Lipinski definition) is 2. The molecule has 0 atom stereocenters. The first-order chi connectivity index (χ1) is 9.86. The predicted octanol–water partition coefficient (Wildman–Crippen LogP) is 4.61. The molecule has 0 bridgehead atoms. The molecule has 0 aliphatic heterocycles. The van der Waals surface area contributed by atoms with Crippen molar-refractivity contribution < 1.29 is 17.6 Å². The second-order valence-electron chi connectivity index (χ2n) is 5.51. The second kappa shape index (κ2) is 6.57. The van der Waals surface area contributed by atoms with Gasteiger partial charge in [-0.05, 0) is 36.8 Å². The van der Waals surface area contributed by atoms with Gasteiger partial charge in [-0.2, -0.15) is 24.9 Å². The maximum Gasteiger partial charge on any atom is 0.419 e. The lowest BCUT2D eigenvalue weighted by molar-refractivity contribution is -0.140. The first-order valence-electron chi connectivity index (χ1n) is 6.98. The maximum atomic E-state index is 13.2. The Bertz CT molecular complexity index is 481. The maximum absolute atomic E-state index is 13.2. The monoisotopic (exact) mass is 321 g/mol. The quantitative estimate of drug-likeness (QED) is 0.795. The zero-order chi connectivity index (χ0) is 15.5. The Labute approximate surface area is 126 Å². The van der Waals surface area contributed by atoms with Crippen molar-refractivity contribution in [2.24, 2.45) is 0 Å². The van der Waals surface area contributed by atoms with E-state index in [0.29, 0.717) is 12.1 Å². The van der Waals surface area contributed by atoms with Gasteiger partial charge < -0.3 is 5.32 Å². The first kappa shape index (κ1) is 16.6. The van der Waals surface area contributed by atoms with Gasteiger partial charge in [0.05, 0.1) is 5.56 Å². The van der Waals surface area contributed by atoms with E-state index in [1.807, 2.05) is 11.8 Å². The van der Waals surface area contributed by atoms with Gasteiger partial charge in [-0.3, -0.25) is 0 Å². The van der Waals surface area contributed by atoms with Crippen molar-refractivity contribution in [1.29, 1.82) is 0 Å². The van der Waals surface area contributed by atoms with E-state index >= 15 is 0 Å². The van der Waals surface area contributed by atoms with E-state index in [1.54, 1.807) is 0 Å². The Hall–Kier alpha value is -0.750. The van der Waals surface area contributed by atoms with Crippen LogP contribution in [-0.4, -0.2) is 17.5 Å². The number of thioether (sulfide) groups is 1. The van der Waals surface area contributed by atoms with E-state index in [1.165, 1.54) is 18.9 Å². The van der Waals surface area contributed by atoms with E-state index in [-0.39, 0.29) is 4.75 Å². The topological polar surface area (TPSA) is 12.0 Å². The number of benzene rings is 1. The van der Waals surface area contributed by atoms with Crippen LogP contribution in [0.1, 0.15) is 36.8 Å². The molecule has 0 radical (unpaired) electrons. The average Bonchev–Trinajstić information content (AvgIpc) is 2.89. The third kappa shape index (κ3) is 4.13. The Balaban J connectivity index is 1.97. The van der Waals surface area contributed by atoms with Gasteiger partial charge in [0.15, 0.2) is 0 Å². The van der Waals surface area contributed by atoms with E-state index in [9.17, 15) is 17.6 Å². The predicted molar refractivity (Wildman–Crippen MR) is 77.8 cm³/mol. The van der Waals surface area contributed by atoms with Gasteiger partial charge >= 0.3 is 6.18 Å². The minimum Gasteiger partial charge on any atom is -0.311 e. The van der Waals surface area contributed by atoms with Crippen LogP contribution in [-0.2, 0) is 12.7 Å². The molecule has 21 heavy (non-hydrogen) atoms. The molecule has 1 aliphatic rings. The summed E-state index contributed by atoms with van der Waals surface area (Å²) in [7, 11) is 0. The number of halogens is 4. The molecule has 1 N–H and O–H groups in total. The van der Waals surface area contributed by atoms with Gasteiger partial charge in [-0.15, -0.1) is 0 Å². The summed E-state index contributed by atoms with van der Waals surface area (Å²) in [6, 6.07) is 3.18. The van der Waals surface area contributed by atoms with Gasteiger partial charge in [0.1, 0.15) is 5.82 Å². The average molecular weight is 321 g/mol. The van der Waals surface area contributed by atoms with E-state index in [2.05, 4.69) is 11.6 Å². The molecule has 0 heterocycles. The first-order valence-corrected chi connectivity index (χ1v) is 8.20. The molecular weight excluding hydrogens is 302 g/mol. The smallest absolute Gasteiger partial charge is 0.311 e. The number of alkyl halides is 3. The van der Waals surface area contributed by atoms with Gasteiger partial charge in [0, 0.05) is 17.8 Å². The van der Waals surface area contributed by atoms with Crippen LogP contribution in [0.25, 0.3) is 0 Å². The molecule has 1 aliphatic carbocycles. The molecule has 1 aromatic carbocycles. The fourth-order valence-electron chi connectivity index (χ4n) is 2.81. The molecule has 1 saturated carbocycles. The van der Waals surface area contributed by atoms with Crippen molar-refractivity contribution in [2.45, 2.75) is 43.2 Å². The number of rotatable bonds is 5. The van der Waals surface area contributed by atoms with Crippen LogP contribution in [0.3, 0.4) is 0 Å². The summed E-state index contributed by atoms with van der Waals surface area (Å²) in [6.45, 7) is 1.10. The molecule has 1 fully saturated rings. The second-order valence-corrected chi connectivity index (χ2v) is 6.78. The summed E-state index contributed by atoms with van der Waals surface area (Å²) in [5.74, 6) is -1.22. The van der Waals surface area contributed by atoms with Crippen molar-refractivity contribution >= 4 is 11.8 Å². The lowest BCUT2D eigenvalue weighted by atomic mass is 10.1. The normalized spacial score (nSPS) is 18.1. The lowest BCUT2D eigenvalue weighted by Gasteiger charge is -2.27. The van der Waals surface area contributed by atoms with Crippen molar-refractivity contribution in [3.63, 3.8) is 0 Å². The molecule has 0 spiro atoms. The molecule has 1 nitrogen and oxygen atoms in total. The molecule has 0 unspecified atom stereocenters. The zero-order valence-electron chi connectivity index (χ0n) is 11.9. The fraction of sp³-hybridized carbons (Fsp3) is 0.600.